The van der Waals surface area contributed by atoms with E-state index in [1.807, 2.05) is 11.8 Å². The molecule has 0 aromatic rings. The quantitative estimate of drug-likeness (QED) is 0.828. The van der Waals surface area contributed by atoms with Crippen LogP contribution in [0.4, 0.5) is 0 Å². The maximum absolute atomic E-state index is 12.6. The first-order chi connectivity index (χ1) is 8.36. The third-order valence-electron chi connectivity index (χ3n) is 4.14. The summed E-state index contributed by atoms with van der Waals surface area (Å²) in [5, 5.41) is 3.37. The molecule has 0 unspecified atom stereocenters. The SMILES string of the molecule is O=C([C@@H]1CCCNC1)N(C1CC1)[C@H]1CCSC1. The van der Waals surface area contributed by atoms with Gasteiger partial charge in [0.25, 0.3) is 0 Å². The molecule has 3 fully saturated rings. The van der Waals surface area contributed by atoms with Gasteiger partial charge in [-0.1, -0.05) is 0 Å². The highest BCUT2D eigenvalue weighted by Crippen LogP contribution is 2.35. The van der Waals surface area contributed by atoms with E-state index < -0.39 is 0 Å². The van der Waals surface area contributed by atoms with Crippen molar-refractivity contribution in [1.82, 2.24) is 10.2 Å². The van der Waals surface area contributed by atoms with Gasteiger partial charge >= 0.3 is 0 Å². The number of rotatable bonds is 3. The molecular formula is C13H22N2OS. The first kappa shape index (κ1) is 11.8. The molecule has 17 heavy (non-hydrogen) atoms. The van der Waals surface area contributed by atoms with Crippen LogP contribution in [0.15, 0.2) is 0 Å². The van der Waals surface area contributed by atoms with E-state index >= 15 is 0 Å². The molecule has 1 N–H and O–H groups in total. The Labute approximate surface area is 108 Å². The van der Waals surface area contributed by atoms with Crippen LogP contribution in [-0.2, 0) is 4.79 Å². The van der Waals surface area contributed by atoms with E-state index in [4.69, 9.17) is 0 Å². The Morgan fingerprint density at radius 2 is 2.06 bits per heavy atom. The normalized spacial score (nSPS) is 33.6. The van der Waals surface area contributed by atoms with Gasteiger partial charge in [-0.15, -0.1) is 0 Å². The van der Waals surface area contributed by atoms with Crippen molar-refractivity contribution in [3.63, 3.8) is 0 Å². The summed E-state index contributed by atoms with van der Waals surface area (Å²) in [6.07, 6.45) is 5.95. The maximum Gasteiger partial charge on any atom is 0.227 e. The van der Waals surface area contributed by atoms with E-state index in [0.717, 1.165) is 25.9 Å². The summed E-state index contributed by atoms with van der Waals surface area (Å²) < 4.78 is 0. The summed E-state index contributed by atoms with van der Waals surface area (Å²) in [5.41, 5.74) is 0. The summed E-state index contributed by atoms with van der Waals surface area (Å²) in [7, 11) is 0. The first-order valence-corrected chi connectivity index (χ1v) is 8.12. The average Bonchev–Trinajstić information content (AvgIpc) is 3.05. The van der Waals surface area contributed by atoms with Gasteiger partial charge in [-0.25, -0.2) is 0 Å². The van der Waals surface area contributed by atoms with Crippen LogP contribution in [0.25, 0.3) is 0 Å². The molecule has 4 heteroatoms. The molecule has 2 aliphatic heterocycles. The van der Waals surface area contributed by atoms with Crippen LogP contribution in [-0.4, -0.2) is 47.5 Å². The number of carbonyl (C=O) groups is 1. The monoisotopic (exact) mass is 254 g/mol. The van der Waals surface area contributed by atoms with Crippen LogP contribution in [0, 0.1) is 5.92 Å². The number of piperidine rings is 1. The summed E-state index contributed by atoms with van der Waals surface area (Å²) in [6.45, 7) is 1.99. The number of nitrogens with zero attached hydrogens (tertiary/aromatic N) is 1. The minimum absolute atomic E-state index is 0.259. The van der Waals surface area contributed by atoms with Crippen molar-refractivity contribution in [2.24, 2.45) is 5.92 Å². The van der Waals surface area contributed by atoms with Gasteiger partial charge < -0.3 is 10.2 Å². The molecule has 0 aromatic heterocycles. The zero-order chi connectivity index (χ0) is 11.7. The van der Waals surface area contributed by atoms with E-state index in [9.17, 15) is 4.79 Å². The highest BCUT2D eigenvalue weighted by atomic mass is 32.2. The van der Waals surface area contributed by atoms with Crippen molar-refractivity contribution >= 4 is 17.7 Å². The molecule has 0 radical (unpaired) electrons. The van der Waals surface area contributed by atoms with E-state index in [1.165, 1.54) is 30.8 Å². The van der Waals surface area contributed by atoms with Crippen LogP contribution in [0.3, 0.4) is 0 Å². The van der Waals surface area contributed by atoms with Crippen LogP contribution < -0.4 is 5.32 Å². The molecule has 0 bridgehead atoms. The second-order valence-corrected chi connectivity index (χ2v) is 6.69. The van der Waals surface area contributed by atoms with Gasteiger partial charge in [0.15, 0.2) is 0 Å². The smallest absolute Gasteiger partial charge is 0.227 e. The molecule has 1 aliphatic carbocycles. The van der Waals surface area contributed by atoms with Crippen LogP contribution in [0.5, 0.6) is 0 Å². The lowest BCUT2D eigenvalue weighted by molar-refractivity contribution is -0.138. The zero-order valence-corrected chi connectivity index (χ0v) is 11.2. The largest absolute Gasteiger partial charge is 0.336 e. The molecule has 1 amide bonds. The van der Waals surface area contributed by atoms with Crippen molar-refractivity contribution in [2.45, 2.75) is 44.2 Å². The third kappa shape index (κ3) is 2.63. The number of nitrogens with one attached hydrogen (secondary N) is 1. The Morgan fingerprint density at radius 3 is 2.65 bits per heavy atom. The summed E-state index contributed by atoms with van der Waals surface area (Å²) in [4.78, 5) is 14.9. The lowest BCUT2D eigenvalue weighted by atomic mass is 9.97. The Balaban J connectivity index is 1.66. The van der Waals surface area contributed by atoms with E-state index in [1.54, 1.807) is 0 Å². The molecule has 2 heterocycles. The molecule has 1 saturated carbocycles. The average molecular weight is 254 g/mol. The van der Waals surface area contributed by atoms with Crippen LogP contribution in [0.1, 0.15) is 32.1 Å². The second-order valence-electron chi connectivity index (χ2n) is 5.54. The number of amides is 1. The fourth-order valence-corrected chi connectivity index (χ4v) is 4.23. The Kier molecular flexibility index (Phi) is 3.61. The van der Waals surface area contributed by atoms with Crippen LogP contribution in [0.2, 0.25) is 0 Å². The Bertz CT molecular complexity index is 281. The van der Waals surface area contributed by atoms with Gasteiger partial charge in [-0.2, -0.15) is 11.8 Å². The fraction of sp³-hybridized carbons (Fsp3) is 0.923. The van der Waals surface area contributed by atoms with Gasteiger partial charge in [0, 0.05) is 24.4 Å². The molecule has 2 atom stereocenters. The minimum Gasteiger partial charge on any atom is -0.336 e. The molecule has 96 valence electrons. The molecule has 2 saturated heterocycles. The lowest BCUT2D eigenvalue weighted by Crippen LogP contribution is -2.48. The summed E-state index contributed by atoms with van der Waals surface area (Å²) in [5.74, 6) is 3.12. The van der Waals surface area contributed by atoms with Gasteiger partial charge in [0.05, 0.1) is 5.92 Å². The van der Waals surface area contributed by atoms with Crippen molar-refractivity contribution in [1.29, 1.82) is 0 Å². The van der Waals surface area contributed by atoms with E-state index in [-0.39, 0.29) is 5.92 Å². The molecule has 0 aromatic carbocycles. The van der Waals surface area contributed by atoms with Crippen molar-refractivity contribution in [2.75, 3.05) is 24.6 Å². The van der Waals surface area contributed by atoms with Crippen LogP contribution >= 0.6 is 11.8 Å². The lowest BCUT2D eigenvalue weighted by Gasteiger charge is -2.33. The highest BCUT2D eigenvalue weighted by molar-refractivity contribution is 7.99. The van der Waals surface area contributed by atoms with E-state index in [0.29, 0.717) is 18.0 Å². The standard InChI is InChI=1S/C13H22N2OS/c16-13(10-2-1-6-14-8-10)15(11-3-4-11)12-5-7-17-9-12/h10-12,14H,1-9H2/t10-,12+/m1/s1. The summed E-state index contributed by atoms with van der Waals surface area (Å²) in [6, 6.07) is 1.13. The van der Waals surface area contributed by atoms with Gasteiger partial charge in [0.1, 0.15) is 0 Å². The first-order valence-electron chi connectivity index (χ1n) is 6.97. The molecule has 3 rings (SSSR count). The van der Waals surface area contributed by atoms with Gasteiger partial charge in [0.2, 0.25) is 5.91 Å². The van der Waals surface area contributed by atoms with Crippen molar-refractivity contribution in [3.8, 4) is 0 Å². The number of hydrogen-bond donors (Lipinski definition) is 1. The van der Waals surface area contributed by atoms with Crippen molar-refractivity contribution < 1.29 is 4.79 Å². The number of hydrogen-bond acceptors (Lipinski definition) is 3. The predicted molar refractivity (Wildman–Crippen MR) is 71.2 cm³/mol. The Morgan fingerprint density at radius 1 is 1.18 bits per heavy atom. The predicted octanol–water partition coefficient (Wildman–Crippen LogP) is 1.48. The summed E-state index contributed by atoms with van der Waals surface area (Å²) >= 11 is 2.01. The molecule has 3 aliphatic rings. The van der Waals surface area contributed by atoms with Gasteiger partial charge in [-0.05, 0) is 44.4 Å². The van der Waals surface area contributed by atoms with E-state index in [2.05, 4.69) is 10.2 Å². The molecule has 3 nitrogen and oxygen atoms in total. The fourth-order valence-electron chi connectivity index (χ4n) is 3.03. The second kappa shape index (κ2) is 5.19. The Hall–Kier alpha value is -0.220. The zero-order valence-electron chi connectivity index (χ0n) is 10.4. The minimum atomic E-state index is 0.259. The number of thioether (sulfide) groups is 1. The van der Waals surface area contributed by atoms with Gasteiger partial charge in [-0.3, -0.25) is 4.79 Å². The third-order valence-corrected chi connectivity index (χ3v) is 5.28. The number of carbonyl (C=O) groups excluding carboxylic acids is 1. The maximum atomic E-state index is 12.6. The van der Waals surface area contributed by atoms with Crippen molar-refractivity contribution in [3.05, 3.63) is 0 Å². The molecular weight excluding hydrogens is 232 g/mol. The highest BCUT2D eigenvalue weighted by Gasteiger charge is 2.40. The topological polar surface area (TPSA) is 32.3 Å². The molecule has 0 spiro atoms.